The van der Waals surface area contributed by atoms with Gasteiger partial charge in [-0.3, -0.25) is 4.98 Å². The summed E-state index contributed by atoms with van der Waals surface area (Å²) >= 11 is 0. The molecule has 0 saturated heterocycles. The van der Waals surface area contributed by atoms with Crippen molar-refractivity contribution in [3.63, 3.8) is 0 Å². The molecule has 0 bridgehead atoms. The molecule has 0 N–H and O–H groups in total. The molecule has 1 aliphatic rings. The molecule has 3 heteroatoms. The summed E-state index contributed by atoms with van der Waals surface area (Å²) in [5.41, 5.74) is 3.32. The molecule has 0 aliphatic carbocycles. The Balaban J connectivity index is 1.85. The van der Waals surface area contributed by atoms with Crippen molar-refractivity contribution in [1.29, 1.82) is 0 Å². The highest BCUT2D eigenvalue weighted by atomic mass is 16.7. The molecule has 3 aromatic carbocycles. The van der Waals surface area contributed by atoms with Crippen LogP contribution in [0.3, 0.4) is 0 Å². The van der Waals surface area contributed by atoms with Crippen molar-refractivity contribution in [2.24, 2.45) is 0 Å². The number of hydrogen-bond donors (Lipinski definition) is 0. The smallest absolute Gasteiger partial charge is 0.231 e. The van der Waals surface area contributed by atoms with Crippen molar-refractivity contribution in [3.8, 4) is 22.6 Å². The van der Waals surface area contributed by atoms with Crippen LogP contribution in [0, 0.1) is 0 Å². The van der Waals surface area contributed by atoms with E-state index in [9.17, 15) is 0 Å². The normalized spacial score (nSPS) is 12.9. The number of ether oxygens (including phenoxy) is 2. The van der Waals surface area contributed by atoms with E-state index in [2.05, 4.69) is 36.4 Å². The van der Waals surface area contributed by atoms with E-state index in [0.29, 0.717) is 0 Å². The maximum absolute atomic E-state index is 5.53. The average Bonchev–Trinajstić information content (AvgIpc) is 3.07. The van der Waals surface area contributed by atoms with Gasteiger partial charge in [-0.25, -0.2) is 0 Å². The third-order valence-electron chi connectivity index (χ3n) is 4.29. The minimum Gasteiger partial charge on any atom is -0.454 e. The van der Waals surface area contributed by atoms with Crippen LogP contribution in [0.2, 0.25) is 0 Å². The molecular weight excluding hydrogens is 286 g/mol. The van der Waals surface area contributed by atoms with Gasteiger partial charge < -0.3 is 9.47 Å². The van der Waals surface area contributed by atoms with Crippen LogP contribution in [-0.4, -0.2) is 11.8 Å². The second kappa shape index (κ2) is 4.71. The van der Waals surface area contributed by atoms with Gasteiger partial charge in [-0.15, -0.1) is 0 Å². The fraction of sp³-hybridized carbons (Fsp3) is 0.0500. The highest BCUT2D eigenvalue weighted by molar-refractivity contribution is 6.10. The number of aromatic nitrogens is 1. The number of para-hydroxylation sites is 1. The summed E-state index contributed by atoms with van der Waals surface area (Å²) in [6, 6.07) is 20.7. The van der Waals surface area contributed by atoms with E-state index in [4.69, 9.17) is 14.5 Å². The summed E-state index contributed by atoms with van der Waals surface area (Å²) in [5, 5.41) is 3.33. The van der Waals surface area contributed by atoms with Crippen LogP contribution in [-0.2, 0) is 0 Å². The van der Waals surface area contributed by atoms with Crippen LogP contribution in [0.1, 0.15) is 0 Å². The first kappa shape index (κ1) is 12.5. The predicted molar refractivity (Wildman–Crippen MR) is 90.8 cm³/mol. The molecule has 2 heterocycles. The highest BCUT2D eigenvalue weighted by Gasteiger charge is 2.16. The van der Waals surface area contributed by atoms with Crippen LogP contribution in [0.5, 0.6) is 11.5 Å². The summed E-state index contributed by atoms with van der Waals surface area (Å²) in [5.74, 6) is 1.59. The lowest BCUT2D eigenvalue weighted by molar-refractivity contribution is 0.174. The Bertz CT molecular complexity index is 1040. The molecule has 0 atom stereocenters. The molecule has 0 unspecified atom stereocenters. The maximum Gasteiger partial charge on any atom is 0.231 e. The number of hydrogen-bond acceptors (Lipinski definition) is 3. The first-order valence-corrected chi connectivity index (χ1v) is 7.57. The maximum atomic E-state index is 5.53. The Morgan fingerprint density at radius 3 is 2.48 bits per heavy atom. The summed E-state index contributed by atoms with van der Waals surface area (Å²) < 4.78 is 11.0. The van der Waals surface area contributed by atoms with Crippen molar-refractivity contribution in [2.75, 3.05) is 6.79 Å². The highest BCUT2D eigenvalue weighted by Crippen LogP contribution is 2.39. The van der Waals surface area contributed by atoms with Gasteiger partial charge in [0.15, 0.2) is 11.5 Å². The van der Waals surface area contributed by atoms with E-state index in [1.807, 2.05) is 30.5 Å². The Morgan fingerprint density at radius 2 is 1.61 bits per heavy atom. The predicted octanol–water partition coefficient (Wildman–Crippen LogP) is 4.78. The second-order valence-corrected chi connectivity index (χ2v) is 5.62. The van der Waals surface area contributed by atoms with Gasteiger partial charge in [-0.05, 0) is 23.1 Å². The van der Waals surface area contributed by atoms with Crippen LogP contribution in [0.4, 0.5) is 0 Å². The molecule has 5 rings (SSSR count). The van der Waals surface area contributed by atoms with E-state index >= 15 is 0 Å². The number of pyridine rings is 1. The van der Waals surface area contributed by atoms with Crippen LogP contribution < -0.4 is 9.47 Å². The van der Waals surface area contributed by atoms with E-state index in [1.165, 1.54) is 5.56 Å². The summed E-state index contributed by atoms with van der Waals surface area (Å²) in [4.78, 5) is 4.71. The van der Waals surface area contributed by atoms with Gasteiger partial charge in [0, 0.05) is 22.5 Å². The van der Waals surface area contributed by atoms with Gasteiger partial charge in [0.05, 0.1) is 5.52 Å². The Labute approximate surface area is 133 Å². The monoisotopic (exact) mass is 299 g/mol. The van der Waals surface area contributed by atoms with Crippen molar-refractivity contribution >= 4 is 21.7 Å². The van der Waals surface area contributed by atoms with Gasteiger partial charge in [-0.1, -0.05) is 48.5 Å². The molecule has 4 aromatic rings. The number of fused-ring (bicyclic) bond motifs is 4. The standard InChI is InChI=1S/C20H13NO2/c1-2-5-13(6-3-1)15-7-4-8-16-17-10-19-18(22-12-23-19)9-14(17)11-21-20(15)16/h1-11H,12H2. The third-order valence-corrected chi connectivity index (χ3v) is 4.29. The van der Waals surface area contributed by atoms with Crippen molar-refractivity contribution < 1.29 is 9.47 Å². The minimum atomic E-state index is 0.284. The van der Waals surface area contributed by atoms with Gasteiger partial charge in [0.1, 0.15) is 0 Å². The minimum absolute atomic E-state index is 0.284. The first-order chi connectivity index (χ1) is 11.4. The van der Waals surface area contributed by atoms with E-state index in [-0.39, 0.29) is 6.79 Å². The van der Waals surface area contributed by atoms with Crippen LogP contribution in [0.15, 0.2) is 66.9 Å². The lowest BCUT2D eigenvalue weighted by atomic mass is 9.99. The molecule has 1 aliphatic heterocycles. The van der Waals surface area contributed by atoms with Crippen LogP contribution >= 0.6 is 0 Å². The lowest BCUT2D eigenvalue weighted by Crippen LogP contribution is -1.92. The number of nitrogens with zero attached hydrogens (tertiary/aromatic N) is 1. The SMILES string of the molecule is c1ccc(-c2cccc3c2ncc2cc4c(cc23)OCO4)cc1. The van der Waals surface area contributed by atoms with Crippen molar-refractivity contribution in [2.45, 2.75) is 0 Å². The van der Waals surface area contributed by atoms with E-state index in [0.717, 1.165) is 38.7 Å². The third kappa shape index (κ3) is 1.87. The van der Waals surface area contributed by atoms with Gasteiger partial charge >= 0.3 is 0 Å². The van der Waals surface area contributed by atoms with E-state index in [1.54, 1.807) is 0 Å². The number of rotatable bonds is 1. The molecule has 0 spiro atoms. The average molecular weight is 299 g/mol. The molecule has 1 aromatic heterocycles. The second-order valence-electron chi connectivity index (χ2n) is 5.62. The summed E-state index contributed by atoms with van der Waals surface area (Å²) in [6.45, 7) is 0.284. The zero-order valence-electron chi connectivity index (χ0n) is 12.3. The van der Waals surface area contributed by atoms with Crippen molar-refractivity contribution in [1.82, 2.24) is 4.98 Å². The molecule has 3 nitrogen and oxygen atoms in total. The molecule has 0 fully saturated rings. The zero-order valence-corrected chi connectivity index (χ0v) is 12.3. The van der Waals surface area contributed by atoms with Crippen LogP contribution in [0.25, 0.3) is 32.8 Å². The quantitative estimate of drug-likeness (QED) is 0.474. The lowest BCUT2D eigenvalue weighted by Gasteiger charge is -2.09. The van der Waals surface area contributed by atoms with E-state index < -0.39 is 0 Å². The van der Waals surface area contributed by atoms with Gasteiger partial charge in [0.2, 0.25) is 6.79 Å². The molecule has 0 radical (unpaired) electrons. The number of benzene rings is 3. The zero-order chi connectivity index (χ0) is 15.2. The molecule has 0 saturated carbocycles. The molecule has 0 amide bonds. The summed E-state index contributed by atoms with van der Waals surface area (Å²) in [6.07, 6.45) is 1.91. The Kier molecular flexibility index (Phi) is 2.56. The molecule has 110 valence electrons. The Hall–Kier alpha value is -3.07. The van der Waals surface area contributed by atoms with Crippen molar-refractivity contribution in [3.05, 3.63) is 66.9 Å². The summed E-state index contributed by atoms with van der Waals surface area (Å²) in [7, 11) is 0. The van der Waals surface area contributed by atoms with Gasteiger partial charge in [-0.2, -0.15) is 0 Å². The first-order valence-electron chi connectivity index (χ1n) is 7.57. The Morgan fingerprint density at radius 1 is 0.783 bits per heavy atom. The van der Waals surface area contributed by atoms with Gasteiger partial charge in [0.25, 0.3) is 0 Å². The molecular formula is C20H13NO2. The fourth-order valence-corrected chi connectivity index (χ4v) is 3.18. The largest absolute Gasteiger partial charge is 0.454 e. The topological polar surface area (TPSA) is 31.4 Å². The fourth-order valence-electron chi connectivity index (χ4n) is 3.18. The molecule has 23 heavy (non-hydrogen) atoms.